The lowest BCUT2D eigenvalue weighted by Crippen LogP contribution is -2.34. The Bertz CT molecular complexity index is 1990. The Hall–Kier alpha value is -5.28. The highest BCUT2D eigenvalue weighted by Crippen LogP contribution is 2.25. The summed E-state index contributed by atoms with van der Waals surface area (Å²) in [6.45, 7) is 1.76. The van der Waals surface area contributed by atoms with Crippen LogP contribution in [0.15, 0.2) is 71.2 Å². The number of rotatable bonds is 4. The number of thiophene rings is 1. The lowest BCUT2D eigenvalue weighted by atomic mass is 10.2. The number of aromatic nitrogens is 7. The molecular formula is C27H21N9O2S. The number of nitrogens with one attached hydrogen (secondary N) is 1. The summed E-state index contributed by atoms with van der Waals surface area (Å²) >= 11 is 1.32. The molecule has 0 unspecified atom stereocenters. The van der Waals surface area contributed by atoms with Crippen LogP contribution in [0.1, 0.15) is 40.4 Å². The van der Waals surface area contributed by atoms with Crippen molar-refractivity contribution >= 4 is 38.9 Å². The van der Waals surface area contributed by atoms with Crippen LogP contribution in [-0.4, -0.2) is 39.8 Å². The van der Waals surface area contributed by atoms with Crippen molar-refractivity contribution < 1.29 is 4.79 Å². The summed E-state index contributed by atoms with van der Waals surface area (Å²) in [5, 5.41) is 13.5. The molecule has 0 radical (unpaired) electrons. The summed E-state index contributed by atoms with van der Waals surface area (Å²) < 4.78 is 4.55. The number of hydrogen-bond donors (Lipinski definition) is 2. The highest BCUT2D eigenvalue weighted by Gasteiger charge is 2.25. The van der Waals surface area contributed by atoms with Crippen molar-refractivity contribution in [1.82, 2.24) is 39.2 Å². The van der Waals surface area contributed by atoms with E-state index < -0.39 is 11.9 Å². The van der Waals surface area contributed by atoms with Crippen molar-refractivity contribution in [2.45, 2.75) is 13.0 Å². The van der Waals surface area contributed by atoms with Gasteiger partial charge < -0.3 is 11.1 Å². The fourth-order valence-corrected chi connectivity index (χ4v) is 5.16. The summed E-state index contributed by atoms with van der Waals surface area (Å²) in [4.78, 5) is 36.9. The molecule has 5 aromatic heterocycles. The molecule has 0 aliphatic rings. The molecule has 1 amide bonds. The van der Waals surface area contributed by atoms with Gasteiger partial charge in [-0.25, -0.2) is 14.5 Å². The first-order valence-electron chi connectivity index (χ1n) is 11.9. The number of benzene rings is 1. The Balaban J connectivity index is 1.45. The molecule has 3 N–H and O–H groups in total. The number of nitrogen functional groups attached to an aromatic ring is 1. The van der Waals surface area contributed by atoms with Crippen molar-refractivity contribution in [3.8, 4) is 17.5 Å². The minimum atomic E-state index is -0.671. The third-order valence-corrected chi connectivity index (χ3v) is 6.94. The Labute approximate surface area is 225 Å². The Morgan fingerprint density at radius 3 is 2.69 bits per heavy atom. The molecule has 192 valence electrons. The molecule has 1 atom stereocenters. The zero-order valence-corrected chi connectivity index (χ0v) is 21.7. The maximum atomic E-state index is 14.0. The average molecular weight is 536 g/mol. The van der Waals surface area contributed by atoms with E-state index in [1.54, 1.807) is 42.3 Å². The number of imidazole rings is 1. The van der Waals surface area contributed by atoms with Crippen LogP contribution in [0, 0.1) is 11.8 Å². The van der Waals surface area contributed by atoms with Gasteiger partial charge >= 0.3 is 0 Å². The van der Waals surface area contributed by atoms with E-state index in [-0.39, 0.29) is 17.1 Å². The third-order valence-electron chi connectivity index (χ3n) is 6.06. The summed E-state index contributed by atoms with van der Waals surface area (Å²) in [5.74, 6) is 6.08. The van der Waals surface area contributed by atoms with Gasteiger partial charge in [-0.05, 0) is 31.2 Å². The number of amides is 1. The Morgan fingerprint density at radius 1 is 1.10 bits per heavy atom. The number of carbonyl (C=O) groups excluding carboxylic acids is 1. The van der Waals surface area contributed by atoms with Crippen LogP contribution < -0.4 is 16.6 Å². The van der Waals surface area contributed by atoms with Crippen LogP contribution in [0.25, 0.3) is 21.6 Å². The first-order valence-corrected chi connectivity index (χ1v) is 12.8. The van der Waals surface area contributed by atoms with Gasteiger partial charge in [0.15, 0.2) is 17.2 Å². The summed E-state index contributed by atoms with van der Waals surface area (Å²) in [6.07, 6.45) is 5.01. The molecule has 0 bridgehead atoms. The average Bonchev–Trinajstić information content (AvgIpc) is 3.63. The molecule has 6 rings (SSSR count). The minimum absolute atomic E-state index is 0.0531. The highest BCUT2D eigenvalue weighted by molar-refractivity contribution is 7.17. The smallest absolute Gasteiger partial charge is 0.274 e. The lowest BCUT2D eigenvalue weighted by Gasteiger charge is -2.19. The summed E-state index contributed by atoms with van der Waals surface area (Å²) in [7, 11) is 1.81. The van der Waals surface area contributed by atoms with Crippen molar-refractivity contribution in [3.63, 3.8) is 0 Å². The fraction of sp³-hybridized carbons (Fsp3) is 0.111. The van der Waals surface area contributed by atoms with E-state index in [1.165, 1.54) is 20.4 Å². The topological polar surface area (TPSA) is 138 Å². The molecule has 5 heterocycles. The van der Waals surface area contributed by atoms with E-state index in [1.807, 2.05) is 42.8 Å². The predicted molar refractivity (Wildman–Crippen MR) is 148 cm³/mol. The molecule has 0 aliphatic heterocycles. The molecule has 0 spiro atoms. The second-order valence-electron chi connectivity index (χ2n) is 8.76. The van der Waals surface area contributed by atoms with Crippen LogP contribution in [0.2, 0.25) is 0 Å². The van der Waals surface area contributed by atoms with Gasteiger partial charge in [0.2, 0.25) is 0 Å². The molecular weight excluding hydrogens is 514 g/mol. The van der Waals surface area contributed by atoms with Gasteiger partial charge in [-0.15, -0.1) is 11.3 Å². The number of nitrogens with zero attached hydrogens (tertiary/aromatic N) is 7. The SMILES string of the molecule is C[C@H](NC(=O)c1c(N)nc2cccnn12)c1nc2scc(C#Cc3cnn(C)c3)c2c(=O)n1-c1ccccc1. The zero-order chi connectivity index (χ0) is 27.1. The molecule has 6 aromatic rings. The van der Waals surface area contributed by atoms with Gasteiger partial charge in [0.25, 0.3) is 11.5 Å². The number of hydrogen-bond acceptors (Lipinski definition) is 8. The van der Waals surface area contributed by atoms with Crippen LogP contribution in [0.3, 0.4) is 0 Å². The van der Waals surface area contributed by atoms with Gasteiger partial charge in [-0.1, -0.05) is 30.0 Å². The number of fused-ring (bicyclic) bond motifs is 2. The van der Waals surface area contributed by atoms with Gasteiger partial charge in [0.1, 0.15) is 10.7 Å². The van der Waals surface area contributed by atoms with Crippen LogP contribution in [0.5, 0.6) is 0 Å². The number of anilines is 1. The minimum Gasteiger partial charge on any atom is -0.382 e. The number of carbonyl (C=O) groups is 1. The molecule has 0 fully saturated rings. The number of nitrogens with two attached hydrogens (primary N) is 1. The lowest BCUT2D eigenvalue weighted by molar-refractivity contribution is 0.0931. The Kier molecular flexibility index (Phi) is 5.90. The maximum Gasteiger partial charge on any atom is 0.274 e. The van der Waals surface area contributed by atoms with E-state index in [4.69, 9.17) is 10.7 Å². The second kappa shape index (κ2) is 9.55. The molecule has 0 saturated heterocycles. The molecule has 1 aromatic carbocycles. The van der Waals surface area contributed by atoms with Gasteiger partial charge in [0, 0.05) is 24.8 Å². The van der Waals surface area contributed by atoms with Crippen LogP contribution in [0.4, 0.5) is 5.82 Å². The maximum absolute atomic E-state index is 14.0. The van der Waals surface area contributed by atoms with E-state index in [0.717, 1.165) is 5.56 Å². The molecule has 12 heteroatoms. The standard InChI is InChI=1S/C27H21N9O2S/c1-16(31-25(37)22-23(28)32-20-9-6-12-29-36(20)22)24-33-26-21(27(38)35(24)19-7-4-3-5-8-19)18(15-39-26)11-10-17-13-30-34(2)14-17/h3-9,12-16H,28H2,1-2H3,(H,31,37)/t16-/m0/s1. The van der Waals surface area contributed by atoms with Crippen molar-refractivity contribution in [2.75, 3.05) is 5.73 Å². The second-order valence-corrected chi connectivity index (χ2v) is 9.62. The summed E-state index contributed by atoms with van der Waals surface area (Å²) in [5.41, 5.74) is 8.25. The molecule has 39 heavy (non-hydrogen) atoms. The third kappa shape index (κ3) is 4.30. The van der Waals surface area contributed by atoms with Crippen molar-refractivity contribution in [2.24, 2.45) is 7.05 Å². The van der Waals surface area contributed by atoms with Crippen molar-refractivity contribution in [3.05, 3.63) is 99.4 Å². The number of aryl methyl sites for hydroxylation is 1. The van der Waals surface area contributed by atoms with Gasteiger partial charge in [-0.2, -0.15) is 10.2 Å². The monoisotopic (exact) mass is 535 g/mol. The largest absolute Gasteiger partial charge is 0.382 e. The summed E-state index contributed by atoms with van der Waals surface area (Å²) in [6, 6.07) is 11.9. The van der Waals surface area contributed by atoms with E-state index in [0.29, 0.717) is 32.9 Å². The molecule has 11 nitrogen and oxygen atoms in total. The van der Waals surface area contributed by atoms with E-state index >= 15 is 0 Å². The van der Waals surface area contributed by atoms with Gasteiger partial charge in [0.05, 0.1) is 34.4 Å². The van der Waals surface area contributed by atoms with Crippen LogP contribution >= 0.6 is 11.3 Å². The molecule has 0 aliphatic carbocycles. The quantitative estimate of drug-likeness (QED) is 0.331. The van der Waals surface area contributed by atoms with E-state index in [2.05, 4.69) is 32.3 Å². The van der Waals surface area contributed by atoms with Crippen molar-refractivity contribution in [1.29, 1.82) is 0 Å². The zero-order valence-electron chi connectivity index (χ0n) is 20.9. The normalized spacial score (nSPS) is 11.8. The first kappa shape index (κ1) is 24.1. The Morgan fingerprint density at radius 2 is 1.92 bits per heavy atom. The first-order chi connectivity index (χ1) is 18.9. The van der Waals surface area contributed by atoms with E-state index in [9.17, 15) is 9.59 Å². The fourth-order valence-electron chi connectivity index (χ4n) is 4.29. The predicted octanol–water partition coefficient (Wildman–Crippen LogP) is 2.70. The molecule has 0 saturated carbocycles. The van der Waals surface area contributed by atoms with Crippen LogP contribution in [-0.2, 0) is 7.05 Å². The highest BCUT2D eigenvalue weighted by atomic mass is 32.1. The number of para-hydroxylation sites is 1. The van der Waals surface area contributed by atoms with Gasteiger partial charge in [-0.3, -0.25) is 18.8 Å².